The fraction of sp³-hybridized carbons (Fsp3) is 0.389. The van der Waals surface area contributed by atoms with Crippen LogP contribution in [0.3, 0.4) is 0 Å². The van der Waals surface area contributed by atoms with E-state index in [4.69, 9.17) is 0 Å². The second-order valence-corrected chi connectivity index (χ2v) is 5.92. The normalized spacial score (nSPS) is 14.6. The third kappa shape index (κ3) is 3.64. The minimum Gasteiger partial charge on any atom is -0.353 e. The first-order chi connectivity index (χ1) is 11.7. The first-order valence-corrected chi connectivity index (χ1v) is 8.34. The van der Waals surface area contributed by atoms with Gasteiger partial charge in [-0.15, -0.1) is 0 Å². The summed E-state index contributed by atoms with van der Waals surface area (Å²) in [6, 6.07) is 10.2. The molecule has 0 aliphatic carbocycles. The summed E-state index contributed by atoms with van der Waals surface area (Å²) in [5.41, 5.74) is 2.34. The molecule has 0 saturated carbocycles. The lowest BCUT2D eigenvalue weighted by atomic mass is 10.1. The molecular formula is C18H23N5O. The Morgan fingerprint density at radius 3 is 2.62 bits per heavy atom. The summed E-state index contributed by atoms with van der Waals surface area (Å²) in [7, 11) is 0. The van der Waals surface area contributed by atoms with Gasteiger partial charge in [-0.05, 0) is 25.0 Å². The number of piperazine rings is 1. The summed E-state index contributed by atoms with van der Waals surface area (Å²) in [6.45, 7) is 7.09. The number of carbonyl (C=O) groups is 1. The SMILES string of the molecule is CCc1ccccc1Nc1cc(N2CCN(C=O)CC2)nc(C)n1. The Balaban J connectivity index is 1.80. The van der Waals surface area contributed by atoms with Crippen LogP contribution in [0.15, 0.2) is 30.3 Å². The predicted molar refractivity (Wildman–Crippen MR) is 95.7 cm³/mol. The summed E-state index contributed by atoms with van der Waals surface area (Å²) in [4.78, 5) is 23.9. The Kier molecular flexibility index (Phi) is 4.93. The third-order valence-electron chi connectivity index (χ3n) is 4.27. The largest absolute Gasteiger partial charge is 0.353 e. The molecule has 1 N–H and O–H groups in total. The molecule has 3 rings (SSSR count). The van der Waals surface area contributed by atoms with Crippen molar-refractivity contribution in [3.05, 3.63) is 41.7 Å². The molecule has 0 spiro atoms. The Hall–Kier alpha value is -2.63. The number of para-hydroxylation sites is 1. The van der Waals surface area contributed by atoms with Crippen molar-refractivity contribution in [1.29, 1.82) is 0 Å². The van der Waals surface area contributed by atoms with Gasteiger partial charge in [0, 0.05) is 37.9 Å². The van der Waals surface area contributed by atoms with Gasteiger partial charge in [0.05, 0.1) is 0 Å². The average molecular weight is 325 g/mol. The summed E-state index contributed by atoms with van der Waals surface area (Å²) in [5, 5.41) is 3.42. The highest BCUT2D eigenvalue weighted by Gasteiger charge is 2.18. The highest BCUT2D eigenvalue weighted by atomic mass is 16.1. The quantitative estimate of drug-likeness (QED) is 0.855. The van der Waals surface area contributed by atoms with E-state index in [9.17, 15) is 4.79 Å². The second-order valence-electron chi connectivity index (χ2n) is 5.92. The molecule has 1 aromatic heterocycles. The predicted octanol–water partition coefficient (Wildman–Crippen LogP) is 2.37. The summed E-state index contributed by atoms with van der Waals surface area (Å²) < 4.78 is 0. The molecule has 1 aliphatic heterocycles. The lowest BCUT2D eigenvalue weighted by molar-refractivity contribution is -0.118. The van der Waals surface area contributed by atoms with Crippen molar-refractivity contribution in [2.24, 2.45) is 0 Å². The Morgan fingerprint density at radius 2 is 1.92 bits per heavy atom. The summed E-state index contributed by atoms with van der Waals surface area (Å²) >= 11 is 0. The molecule has 0 radical (unpaired) electrons. The van der Waals surface area contributed by atoms with Crippen molar-refractivity contribution >= 4 is 23.7 Å². The maximum absolute atomic E-state index is 10.8. The number of nitrogens with one attached hydrogen (secondary N) is 1. The number of hydrogen-bond acceptors (Lipinski definition) is 5. The standard InChI is InChI=1S/C18H23N5O/c1-3-15-6-4-5-7-16(15)21-17-12-18(20-14(2)19-17)23-10-8-22(13-24)9-11-23/h4-7,12-13H,3,8-11H2,1-2H3,(H,19,20,21). The number of benzene rings is 1. The zero-order valence-corrected chi connectivity index (χ0v) is 14.2. The molecule has 1 aromatic carbocycles. The molecule has 6 heteroatoms. The minimum absolute atomic E-state index is 0.730. The first-order valence-electron chi connectivity index (χ1n) is 8.34. The zero-order valence-electron chi connectivity index (χ0n) is 14.2. The zero-order chi connectivity index (χ0) is 16.9. The molecule has 6 nitrogen and oxygen atoms in total. The van der Waals surface area contributed by atoms with Crippen LogP contribution in [0, 0.1) is 6.92 Å². The van der Waals surface area contributed by atoms with E-state index in [2.05, 4.69) is 39.2 Å². The van der Waals surface area contributed by atoms with Gasteiger partial charge in [-0.2, -0.15) is 0 Å². The van der Waals surface area contributed by atoms with Gasteiger partial charge in [-0.25, -0.2) is 9.97 Å². The number of aryl methyl sites for hydroxylation is 2. The van der Waals surface area contributed by atoms with Crippen LogP contribution in [-0.4, -0.2) is 47.5 Å². The second kappa shape index (κ2) is 7.29. The van der Waals surface area contributed by atoms with Crippen LogP contribution < -0.4 is 10.2 Å². The first kappa shape index (κ1) is 16.2. The molecule has 2 aromatic rings. The maximum Gasteiger partial charge on any atom is 0.209 e. The van der Waals surface area contributed by atoms with E-state index < -0.39 is 0 Å². The average Bonchev–Trinajstić information content (AvgIpc) is 2.62. The van der Waals surface area contributed by atoms with Crippen LogP contribution in [0.4, 0.5) is 17.3 Å². The fourth-order valence-corrected chi connectivity index (χ4v) is 2.92. The number of hydrogen-bond donors (Lipinski definition) is 1. The van der Waals surface area contributed by atoms with Gasteiger partial charge in [0.15, 0.2) is 0 Å². The number of nitrogens with zero attached hydrogens (tertiary/aromatic N) is 4. The minimum atomic E-state index is 0.730. The maximum atomic E-state index is 10.8. The lowest BCUT2D eigenvalue weighted by Crippen LogP contribution is -2.46. The van der Waals surface area contributed by atoms with E-state index in [1.165, 1.54) is 5.56 Å². The summed E-state index contributed by atoms with van der Waals surface area (Å²) in [5.74, 6) is 2.45. The van der Waals surface area contributed by atoms with Gasteiger partial charge in [0.2, 0.25) is 6.41 Å². The van der Waals surface area contributed by atoms with E-state index in [1.54, 1.807) is 4.90 Å². The molecule has 1 saturated heterocycles. The van der Waals surface area contributed by atoms with Crippen molar-refractivity contribution in [3.63, 3.8) is 0 Å². The van der Waals surface area contributed by atoms with Crippen LogP contribution in [0.1, 0.15) is 18.3 Å². The smallest absolute Gasteiger partial charge is 0.209 e. The van der Waals surface area contributed by atoms with Crippen molar-refractivity contribution in [2.75, 3.05) is 36.4 Å². The van der Waals surface area contributed by atoms with Gasteiger partial charge in [0.1, 0.15) is 17.5 Å². The van der Waals surface area contributed by atoms with Crippen molar-refractivity contribution < 1.29 is 4.79 Å². The van der Waals surface area contributed by atoms with Gasteiger partial charge >= 0.3 is 0 Å². The van der Waals surface area contributed by atoms with Crippen molar-refractivity contribution in [3.8, 4) is 0 Å². The van der Waals surface area contributed by atoms with Crippen molar-refractivity contribution in [1.82, 2.24) is 14.9 Å². The Morgan fingerprint density at radius 1 is 1.17 bits per heavy atom. The molecule has 0 unspecified atom stereocenters. The van der Waals surface area contributed by atoms with Crippen LogP contribution in [0.5, 0.6) is 0 Å². The number of aromatic nitrogens is 2. The molecule has 0 bridgehead atoms. The van der Waals surface area contributed by atoms with E-state index in [0.29, 0.717) is 0 Å². The fourth-order valence-electron chi connectivity index (χ4n) is 2.92. The van der Waals surface area contributed by atoms with Crippen molar-refractivity contribution in [2.45, 2.75) is 20.3 Å². The van der Waals surface area contributed by atoms with Gasteiger partial charge in [0.25, 0.3) is 0 Å². The molecular weight excluding hydrogens is 302 g/mol. The number of amides is 1. The molecule has 126 valence electrons. The molecule has 0 atom stereocenters. The topological polar surface area (TPSA) is 61.4 Å². The van der Waals surface area contributed by atoms with E-state index >= 15 is 0 Å². The van der Waals surface area contributed by atoms with Gasteiger partial charge < -0.3 is 15.1 Å². The highest BCUT2D eigenvalue weighted by molar-refractivity contribution is 5.63. The van der Waals surface area contributed by atoms with Crippen LogP contribution in [0.2, 0.25) is 0 Å². The van der Waals surface area contributed by atoms with Gasteiger partial charge in [-0.1, -0.05) is 25.1 Å². The molecule has 1 fully saturated rings. The number of rotatable bonds is 5. The monoisotopic (exact) mass is 325 g/mol. The Labute approximate surface area is 142 Å². The van der Waals surface area contributed by atoms with Crippen LogP contribution >= 0.6 is 0 Å². The van der Waals surface area contributed by atoms with Crippen LogP contribution in [-0.2, 0) is 11.2 Å². The van der Waals surface area contributed by atoms with Crippen LogP contribution in [0.25, 0.3) is 0 Å². The molecule has 24 heavy (non-hydrogen) atoms. The summed E-state index contributed by atoms with van der Waals surface area (Å²) in [6.07, 6.45) is 1.88. The number of anilines is 3. The van der Waals surface area contributed by atoms with E-state index in [0.717, 1.165) is 62.2 Å². The van der Waals surface area contributed by atoms with Gasteiger partial charge in [-0.3, -0.25) is 4.79 Å². The van der Waals surface area contributed by atoms with E-state index in [-0.39, 0.29) is 0 Å². The van der Waals surface area contributed by atoms with E-state index in [1.807, 2.05) is 25.1 Å². The molecule has 2 heterocycles. The molecule has 1 amide bonds. The highest BCUT2D eigenvalue weighted by Crippen LogP contribution is 2.23. The Bertz CT molecular complexity index is 710. The molecule has 1 aliphatic rings. The number of carbonyl (C=O) groups excluding carboxylic acids is 1. The third-order valence-corrected chi connectivity index (χ3v) is 4.27. The lowest BCUT2D eigenvalue weighted by Gasteiger charge is -2.33.